The molecule has 155 valence electrons. The van der Waals surface area contributed by atoms with Gasteiger partial charge in [-0.3, -0.25) is 4.57 Å². The summed E-state index contributed by atoms with van der Waals surface area (Å²) < 4.78 is 4.16. The minimum absolute atomic E-state index is 0. The molecule has 5 rings (SSSR count). The molecule has 4 aromatic rings. The van der Waals surface area contributed by atoms with Gasteiger partial charge in [0.15, 0.2) is 6.33 Å². The molecule has 0 spiro atoms. The molecule has 0 fully saturated rings. The van der Waals surface area contributed by atoms with Gasteiger partial charge in [-0.25, -0.2) is 0 Å². The van der Waals surface area contributed by atoms with Gasteiger partial charge in [-0.1, -0.05) is 24.3 Å². The molecule has 0 atom stereocenters. The van der Waals surface area contributed by atoms with Gasteiger partial charge < -0.3 is 4.98 Å². The van der Waals surface area contributed by atoms with Crippen LogP contribution in [-0.4, -0.2) is 14.1 Å². The Bertz CT molecular complexity index is 1120. The fourth-order valence-corrected chi connectivity index (χ4v) is 3.17. The molecule has 2 aromatic heterocycles. The van der Waals surface area contributed by atoms with Crippen molar-refractivity contribution in [1.82, 2.24) is 14.1 Å². The van der Waals surface area contributed by atoms with Gasteiger partial charge in [-0.2, -0.15) is 4.57 Å². The first kappa shape index (κ1) is 22.4. The maximum atomic E-state index is 4.22. The third kappa shape index (κ3) is 5.85. The summed E-state index contributed by atoms with van der Waals surface area (Å²) in [5.41, 5.74) is 5.46. The van der Waals surface area contributed by atoms with Gasteiger partial charge in [0.25, 0.3) is 0 Å². The Balaban J connectivity index is 0.000000183. The fourth-order valence-electron chi connectivity index (χ4n) is 3.17. The van der Waals surface area contributed by atoms with Gasteiger partial charge in [0, 0.05) is 38.9 Å². The van der Waals surface area contributed by atoms with Crippen LogP contribution < -0.4 is 0 Å². The van der Waals surface area contributed by atoms with Crippen LogP contribution in [0.3, 0.4) is 0 Å². The number of aryl methyl sites for hydroxylation is 1. The van der Waals surface area contributed by atoms with E-state index in [0.29, 0.717) is 0 Å². The molecule has 0 aliphatic heterocycles. The van der Waals surface area contributed by atoms with Gasteiger partial charge >= 0.3 is 0 Å². The summed E-state index contributed by atoms with van der Waals surface area (Å²) in [6.07, 6.45) is 16.3. The second kappa shape index (κ2) is 11.2. The summed E-state index contributed by atoms with van der Waals surface area (Å²) in [6, 6.07) is 28.2. The third-order valence-electron chi connectivity index (χ3n) is 4.58. The number of pyridine rings is 1. The van der Waals surface area contributed by atoms with Gasteiger partial charge in [-0.05, 0) is 29.5 Å². The van der Waals surface area contributed by atoms with E-state index >= 15 is 0 Å². The van der Waals surface area contributed by atoms with Crippen molar-refractivity contribution in [3.05, 3.63) is 139 Å². The average molecular weight is 581 g/mol. The number of imidazole rings is 1. The van der Waals surface area contributed by atoms with Crippen LogP contribution >= 0.6 is 0 Å². The van der Waals surface area contributed by atoms with Crippen molar-refractivity contribution >= 4 is 5.70 Å². The molecule has 2 aromatic carbocycles. The molecule has 0 bridgehead atoms. The van der Waals surface area contributed by atoms with Crippen molar-refractivity contribution in [2.45, 2.75) is 0 Å². The summed E-state index contributed by atoms with van der Waals surface area (Å²) in [7, 11) is 2.02. The molecular weight excluding hydrogens is 559 g/mol. The minimum atomic E-state index is 0. The number of aromatic nitrogens is 3. The Labute approximate surface area is 197 Å². The molecule has 1 aliphatic carbocycles. The zero-order chi connectivity index (χ0) is 20.6. The first-order valence-electron chi connectivity index (χ1n) is 9.79. The maximum Gasteiger partial charge on any atom is 0.166 e. The molecule has 2 heterocycles. The van der Waals surface area contributed by atoms with Gasteiger partial charge in [0.2, 0.25) is 0 Å². The minimum Gasteiger partial charge on any atom is -0.305 e. The number of nitrogens with zero attached hydrogens (tertiary/aromatic N) is 3. The molecule has 0 amide bonds. The van der Waals surface area contributed by atoms with Crippen molar-refractivity contribution in [3.8, 4) is 11.3 Å². The summed E-state index contributed by atoms with van der Waals surface area (Å²) in [6.45, 7) is 0. The first-order valence-corrected chi connectivity index (χ1v) is 9.79. The van der Waals surface area contributed by atoms with Crippen LogP contribution in [0.4, 0.5) is 0 Å². The van der Waals surface area contributed by atoms with E-state index in [1.807, 2.05) is 78.5 Å². The molecular formula is C27H22IrN3-. The topological polar surface area (TPSA) is 22.8 Å². The van der Waals surface area contributed by atoms with E-state index in [-0.39, 0.29) is 20.1 Å². The zero-order valence-corrected chi connectivity index (χ0v) is 19.5. The Hall–Kier alpha value is -3.33. The van der Waals surface area contributed by atoms with Crippen molar-refractivity contribution in [1.29, 1.82) is 0 Å². The second-order valence-corrected chi connectivity index (χ2v) is 6.78. The van der Waals surface area contributed by atoms with Crippen LogP contribution in [0, 0.1) is 12.1 Å². The van der Waals surface area contributed by atoms with E-state index in [0.717, 1.165) is 22.5 Å². The van der Waals surface area contributed by atoms with Gasteiger partial charge in [0.1, 0.15) is 18.1 Å². The van der Waals surface area contributed by atoms with E-state index < -0.39 is 0 Å². The predicted octanol–water partition coefficient (Wildman–Crippen LogP) is 5.84. The first-order chi connectivity index (χ1) is 14.8. The largest absolute Gasteiger partial charge is 0.305 e. The SMILES string of the molecule is Cn1ccn(C(=C2C=CC=C2)c2[c-]cccc2)[cH+]1.[Ir].[c-]1ccccc1-c1ccccn1. The van der Waals surface area contributed by atoms with Crippen LogP contribution in [0.5, 0.6) is 0 Å². The fraction of sp³-hybridized carbons (Fsp3) is 0.0370. The molecule has 4 heteroatoms. The molecule has 0 N–H and O–H groups in total. The van der Waals surface area contributed by atoms with Crippen LogP contribution in [0.1, 0.15) is 5.56 Å². The van der Waals surface area contributed by atoms with Crippen molar-refractivity contribution < 1.29 is 20.1 Å². The van der Waals surface area contributed by atoms with Crippen LogP contribution in [0.2, 0.25) is 0 Å². The zero-order valence-electron chi connectivity index (χ0n) is 17.1. The predicted molar refractivity (Wildman–Crippen MR) is 122 cm³/mol. The van der Waals surface area contributed by atoms with Gasteiger partial charge in [-0.15, -0.1) is 66.2 Å². The van der Waals surface area contributed by atoms with Crippen LogP contribution in [0.15, 0.2) is 122 Å². The van der Waals surface area contributed by atoms with Gasteiger partial charge in [0.05, 0.1) is 0 Å². The quantitative estimate of drug-likeness (QED) is 0.279. The molecule has 31 heavy (non-hydrogen) atoms. The molecule has 1 aliphatic rings. The van der Waals surface area contributed by atoms with Crippen LogP contribution in [0.25, 0.3) is 17.0 Å². The molecule has 0 saturated carbocycles. The van der Waals surface area contributed by atoms with Crippen molar-refractivity contribution in [2.75, 3.05) is 0 Å². The molecule has 0 unspecified atom stereocenters. The summed E-state index contributed by atoms with van der Waals surface area (Å²) in [5, 5.41) is 0. The number of allylic oxidation sites excluding steroid dienone is 5. The van der Waals surface area contributed by atoms with Crippen molar-refractivity contribution in [2.24, 2.45) is 7.05 Å². The van der Waals surface area contributed by atoms with Crippen molar-refractivity contribution in [3.63, 3.8) is 0 Å². The Morgan fingerprint density at radius 2 is 1.61 bits per heavy atom. The van der Waals surface area contributed by atoms with E-state index in [4.69, 9.17) is 0 Å². The summed E-state index contributed by atoms with van der Waals surface area (Å²) in [4.78, 5) is 4.22. The Morgan fingerprint density at radius 1 is 0.871 bits per heavy atom. The summed E-state index contributed by atoms with van der Waals surface area (Å²) in [5.74, 6) is 0. The number of hydrogen-bond donors (Lipinski definition) is 0. The smallest absolute Gasteiger partial charge is 0.166 e. The molecule has 3 nitrogen and oxygen atoms in total. The normalized spacial score (nSPS) is 11.5. The Morgan fingerprint density at radius 3 is 2.19 bits per heavy atom. The maximum absolute atomic E-state index is 4.22. The van der Waals surface area contributed by atoms with Crippen LogP contribution in [-0.2, 0) is 27.2 Å². The monoisotopic (exact) mass is 581 g/mol. The number of hydrogen-bond acceptors (Lipinski definition) is 1. The molecule has 0 saturated heterocycles. The standard InChI is InChI=1S/C16H14N2.C11H8N.Ir/c1-17-11-12-18(13-17)16(15-9-5-6-10-15)14-7-3-2-4-8-14;1-2-6-10(7-3-1)11-8-4-5-9-12-11;/h2-7,9-13H,1H3;1-6,8-9H;/q;-1;. The molecule has 1 radical (unpaired) electrons. The van der Waals surface area contributed by atoms with E-state index in [1.54, 1.807) is 6.20 Å². The second-order valence-electron chi connectivity index (χ2n) is 6.78. The van der Waals surface area contributed by atoms with E-state index in [1.165, 1.54) is 5.57 Å². The van der Waals surface area contributed by atoms with E-state index in [2.05, 4.69) is 64.6 Å². The number of benzene rings is 2. The number of rotatable bonds is 3. The third-order valence-corrected chi connectivity index (χ3v) is 4.58. The summed E-state index contributed by atoms with van der Waals surface area (Å²) >= 11 is 0. The average Bonchev–Trinajstić information content (AvgIpc) is 3.49. The van der Waals surface area contributed by atoms with E-state index in [9.17, 15) is 0 Å². The Kier molecular flexibility index (Phi) is 8.05.